The number of hydrogen-bond acceptors (Lipinski definition) is 6. The molecule has 0 saturated carbocycles. The smallest absolute Gasteiger partial charge is 0.221 e. The number of fused-ring (bicyclic) bond motifs is 1. The summed E-state index contributed by atoms with van der Waals surface area (Å²) < 4.78 is 40.9. The Kier molecular flexibility index (Phi) is 6.53. The fraction of sp³-hybridized carbons (Fsp3) is 0.350. The van der Waals surface area contributed by atoms with Crippen molar-refractivity contribution in [3.63, 3.8) is 0 Å². The molecular weight excluding hydrogens is 382 g/mol. The van der Waals surface area contributed by atoms with Crippen molar-refractivity contribution in [3.05, 3.63) is 53.6 Å². The van der Waals surface area contributed by atoms with Crippen LogP contribution in [0.25, 0.3) is 0 Å². The Balaban J connectivity index is 1.52. The van der Waals surface area contributed by atoms with Gasteiger partial charge in [-0.1, -0.05) is 24.3 Å². The van der Waals surface area contributed by atoms with E-state index in [0.29, 0.717) is 37.9 Å². The molecule has 0 aliphatic carbocycles. The van der Waals surface area contributed by atoms with Gasteiger partial charge in [0.25, 0.3) is 0 Å². The minimum atomic E-state index is -3.59. The molecule has 0 unspecified atom stereocenters. The van der Waals surface area contributed by atoms with Gasteiger partial charge >= 0.3 is 0 Å². The molecule has 3 rings (SSSR count). The van der Waals surface area contributed by atoms with Gasteiger partial charge in [0, 0.05) is 26.1 Å². The number of amides is 1. The summed E-state index contributed by atoms with van der Waals surface area (Å²) in [7, 11) is -1.96. The Hall–Kier alpha value is -2.58. The van der Waals surface area contributed by atoms with Crippen LogP contribution in [-0.2, 0) is 32.5 Å². The van der Waals surface area contributed by atoms with Crippen molar-refractivity contribution < 1.29 is 27.4 Å². The van der Waals surface area contributed by atoms with E-state index in [0.717, 1.165) is 11.1 Å². The largest absolute Gasteiger partial charge is 0.486 e. The molecule has 2 aromatic carbocycles. The van der Waals surface area contributed by atoms with Crippen LogP contribution in [0.3, 0.4) is 0 Å². The number of rotatable bonds is 8. The minimum Gasteiger partial charge on any atom is -0.486 e. The van der Waals surface area contributed by atoms with E-state index in [1.807, 2.05) is 24.3 Å². The number of carbonyl (C=O) groups excluding carboxylic acids is 1. The SMILES string of the molecule is COCc1ccc(CNC(=O)CCS(=O)(=O)c2ccc3c(c2)OCCO3)cc1. The Morgan fingerprint density at radius 3 is 2.43 bits per heavy atom. The molecule has 1 heterocycles. The number of nitrogens with one attached hydrogen (secondary N) is 1. The second kappa shape index (κ2) is 9.07. The van der Waals surface area contributed by atoms with Crippen molar-refractivity contribution in [2.24, 2.45) is 0 Å². The molecule has 0 saturated heterocycles. The fourth-order valence-electron chi connectivity index (χ4n) is 2.77. The first-order valence-electron chi connectivity index (χ1n) is 8.94. The van der Waals surface area contributed by atoms with Crippen molar-refractivity contribution in [3.8, 4) is 11.5 Å². The van der Waals surface area contributed by atoms with Crippen LogP contribution in [0.2, 0.25) is 0 Å². The first-order valence-corrected chi connectivity index (χ1v) is 10.6. The number of hydrogen-bond donors (Lipinski definition) is 1. The predicted octanol–water partition coefficient (Wildman–Crippen LogP) is 2.08. The summed E-state index contributed by atoms with van der Waals surface area (Å²) in [5.74, 6) is 0.348. The van der Waals surface area contributed by atoms with Crippen LogP contribution in [0.4, 0.5) is 0 Å². The van der Waals surface area contributed by atoms with E-state index in [-0.39, 0.29) is 23.0 Å². The highest BCUT2D eigenvalue weighted by atomic mass is 32.2. The molecule has 8 heteroatoms. The summed E-state index contributed by atoms with van der Waals surface area (Å²) in [6.45, 7) is 1.69. The van der Waals surface area contributed by atoms with E-state index in [1.54, 1.807) is 13.2 Å². The number of carbonyl (C=O) groups is 1. The Labute approximate surface area is 164 Å². The van der Waals surface area contributed by atoms with Crippen molar-refractivity contribution >= 4 is 15.7 Å². The maximum atomic E-state index is 12.5. The summed E-state index contributed by atoms with van der Waals surface area (Å²) in [6.07, 6.45) is -0.113. The Morgan fingerprint density at radius 1 is 1.04 bits per heavy atom. The highest BCUT2D eigenvalue weighted by molar-refractivity contribution is 7.91. The third-order valence-corrected chi connectivity index (χ3v) is 6.01. The normalized spacial score (nSPS) is 13.2. The standard InChI is InChI=1S/C20H23NO6S/c1-25-14-16-4-2-15(3-5-16)13-21-20(22)8-11-28(23,24)17-6-7-18-19(12-17)27-10-9-26-18/h2-7,12H,8-11,13-14H2,1H3,(H,21,22). The van der Waals surface area contributed by atoms with Gasteiger partial charge in [0.2, 0.25) is 5.91 Å². The molecule has 0 bridgehead atoms. The fourth-order valence-corrected chi connectivity index (χ4v) is 4.02. The van der Waals surface area contributed by atoms with Crippen LogP contribution in [0.1, 0.15) is 17.5 Å². The zero-order valence-corrected chi connectivity index (χ0v) is 16.5. The number of ether oxygens (including phenoxy) is 3. The maximum Gasteiger partial charge on any atom is 0.221 e. The van der Waals surface area contributed by atoms with Gasteiger partial charge in [-0.15, -0.1) is 0 Å². The second-order valence-electron chi connectivity index (χ2n) is 6.40. The molecule has 0 spiro atoms. The summed E-state index contributed by atoms with van der Waals surface area (Å²) in [5, 5.41) is 2.75. The van der Waals surface area contributed by atoms with Crippen LogP contribution >= 0.6 is 0 Å². The second-order valence-corrected chi connectivity index (χ2v) is 8.51. The number of methoxy groups -OCH3 is 1. The average molecular weight is 405 g/mol. The van der Waals surface area contributed by atoms with Gasteiger partial charge in [-0.2, -0.15) is 0 Å². The van der Waals surface area contributed by atoms with E-state index in [9.17, 15) is 13.2 Å². The molecule has 1 N–H and O–H groups in total. The van der Waals surface area contributed by atoms with Crippen LogP contribution in [-0.4, -0.2) is 40.4 Å². The van der Waals surface area contributed by atoms with Gasteiger partial charge in [0.15, 0.2) is 21.3 Å². The van der Waals surface area contributed by atoms with E-state index in [1.165, 1.54) is 12.1 Å². The molecule has 2 aromatic rings. The Bertz CT molecular complexity index is 924. The van der Waals surface area contributed by atoms with Gasteiger partial charge in [-0.3, -0.25) is 4.79 Å². The highest BCUT2D eigenvalue weighted by Crippen LogP contribution is 2.32. The summed E-state index contributed by atoms with van der Waals surface area (Å²) >= 11 is 0. The topological polar surface area (TPSA) is 90.9 Å². The third kappa shape index (κ3) is 5.24. The highest BCUT2D eigenvalue weighted by Gasteiger charge is 2.20. The first kappa shape index (κ1) is 20.2. The van der Waals surface area contributed by atoms with Crippen molar-refractivity contribution in [1.29, 1.82) is 0 Å². The first-order chi connectivity index (χ1) is 13.5. The average Bonchev–Trinajstić information content (AvgIpc) is 2.71. The van der Waals surface area contributed by atoms with Gasteiger partial charge in [0.1, 0.15) is 13.2 Å². The molecule has 1 aliphatic heterocycles. The van der Waals surface area contributed by atoms with Crippen LogP contribution < -0.4 is 14.8 Å². The monoisotopic (exact) mass is 405 g/mol. The molecule has 0 fully saturated rings. The maximum absolute atomic E-state index is 12.5. The lowest BCUT2D eigenvalue weighted by atomic mass is 10.1. The van der Waals surface area contributed by atoms with E-state index >= 15 is 0 Å². The predicted molar refractivity (Wildman–Crippen MR) is 103 cm³/mol. The molecule has 28 heavy (non-hydrogen) atoms. The van der Waals surface area contributed by atoms with Crippen molar-refractivity contribution in [1.82, 2.24) is 5.32 Å². The lowest BCUT2D eigenvalue weighted by Crippen LogP contribution is -2.25. The zero-order chi connectivity index (χ0) is 20.0. The summed E-state index contributed by atoms with van der Waals surface area (Å²) in [4.78, 5) is 12.2. The molecular formula is C20H23NO6S. The van der Waals surface area contributed by atoms with Crippen LogP contribution in [0.5, 0.6) is 11.5 Å². The van der Waals surface area contributed by atoms with Gasteiger partial charge in [0.05, 0.1) is 17.3 Å². The third-order valence-electron chi connectivity index (χ3n) is 4.29. The molecule has 150 valence electrons. The molecule has 1 aliphatic rings. The molecule has 7 nitrogen and oxygen atoms in total. The van der Waals surface area contributed by atoms with Gasteiger partial charge in [-0.05, 0) is 23.3 Å². The quantitative estimate of drug-likeness (QED) is 0.723. The van der Waals surface area contributed by atoms with E-state index in [4.69, 9.17) is 14.2 Å². The summed E-state index contributed by atoms with van der Waals surface area (Å²) in [6, 6.07) is 12.2. The minimum absolute atomic E-state index is 0.113. The summed E-state index contributed by atoms with van der Waals surface area (Å²) in [5.41, 5.74) is 1.98. The van der Waals surface area contributed by atoms with Gasteiger partial charge < -0.3 is 19.5 Å². The lowest BCUT2D eigenvalue weighted by Gasteiger charge is -2.18. The van der Waals surface area contributed by atoms with Crippen molar-refractivity contribution in [2.45, 2.75) is 24.5 Å². The van der Waals surface area contributed by atoms with Crippen molar-refractivity contribution in [2.75, 3.05) is 26.1 Å². The lowest BCUT2D eigenvalue weighted by molar-refractivity contribution is -0.120. The van der Waals surface area contributed by atoms with E-state index in [2.05, 4.69) is 5.32 Å². The van der Waals surface area contributed by atoms with Crippen LogP contribution in [0, 0.1) is 0 Å². The van der Waals surface area contributed by atoms with Crippen LogP contribution in [0.15, 0.2) is 47.4 Å². The molecule has 0 atom stereocenters. The number of sulfone groups is 1. The molecule has 1 amide bonds. The zero-order valence-electron chi connectivity index (χ0n) is 15.6. The molecule has 0 radical (unpaired) electrons. The van der Waals surface area contributed by atoms with Gasteiger partial charge in [-0.25, -0.2) is 8.42 Å². The number of benzene rings is 2. The Morgan fingerprint density at radius 2 is 1.71 bits per heavy atom. The van der Waals surface area contributed by atoms with E-state index < -0.39 is 9.84 Å². The molecule has 0 aromatic heterocycles.